The highest BCUT2D eigenvalue weighted by Crippen LogP contribution is 2.23. The second kappa shape index (κ2) is 6.17. The second-order valence-electron chi connectivity index (χ2n) is 5.30. The van der Waals surface area contributed by atoms with E-state index in [2.05, 4.69) is 10.1 Å². The molecule has 0 saturated carbocycles. The van der Waals surface area contributed by atoms with Gasteiger partial charge in [0.1, 0.15) is 0 Å². The van der Waals surface area contributed by atoms with Gasteiger partial charge in [-0.25, -0.2) is 13.4 Å². The Bertz CT molecular complexity index is 865. The summed E-state index contributed by atoms with van der Waals surface area (Å²) in [7, 11) is -3.15. The van der Waals surface area contributed by atoms with Crippen molar-refractivity contribution >= 4 is 31.5 Å². The highest BCUT2D eigenvalue weighted by Gasteiger charge is 2.27. The molecule has 0 bridgehead atoms. The maximum absolute atomic E-state index is 12.0. The van der Waals surface area contributed by atoms with E-state index in [9.17, 15) is 13.2 Å². The molecule has 0 spiro atoms. The number of piperazine rings is 1. The van der Waals surface area contributed by atoms with Crippen LogP contribution in [0.5, 0.6) is 0 Å². The van der Waals surface area contributed by atoms with E-state index in [0.717, 1.165) is 5.69 Å². The van der Waals surface area contributed by atoms with Crippen LogP contribution in [0.3, 0.4) is 0 Å². The van der Waals surface area contributed by atoms with E-state index >= 15 is 0 Å². The Kier molecular flexibility index (Phi) is 4.39. The predicted octanol–water partition coefficient (Wildman–Crippen LogP) is 0.185. The van der Waals surface area contributed by atoms with Crippen LogP contribution in [0.15, 0.2) is 10.9 Å². The van der Waals surface area contributed by atoms with Gasteiger partial charge in [0.2, 0.25) is 20.1 Å². The van der Waals surface area contributed by atoms with Crippen molar-refractivity contribution in [3.63, 3.8) is 0 Å². The number of anilines is 1. The fourth-order valence-corrected chi connectivity index (χ4v) is 4.56. The van der Waals surface area contributed by atoms with Crippen LogP contribution in [0.1, 0.15) is 19.5 Å². The van der Waals surface area contributed by atoms with Gasteiger partial charge in [-0.2, -0.15) is 8.82 Å². The van der Waals surface area contributed by atoms with Gasteiger partial charge >= 0.3 is 0 Å². The van der Waals surface area contributed by atoms with Crippen molar-refractivity contribution in [3.8, 4) is 0 Å². The summed E-state index contributed by atoms with van der Waals surface area (Å²) in [6.07, 6.45) is 0.701. The van der Waals surface area contributed by atoms with Gasteiger partial charge in [-0.1, -0.05) is 18.3 Å². The van der Waals surface area contributed by atoms with Crippen molar-refractivity contribution in [2.24, 2.45) is 0 Å². The average Bonchev–Trinajstić information content (AvgIpc) is 2.99. The smallest absolute Gasteiger partial charge is 0.275 e. The minimum absolute atomic E-state index is 0.118. The van der Waals surface area contributed by atoms with E-state index in [-0.39, 0.29) is 11.3 Å². The molecule has 2 aromatic heterocycles. The molecule has 0 amide bonds. The molecule has 0 aliphatic carbocycles. The largest absolute Gasteiger partial charge is 0.344 e. The minimum Gasteiger partial charge on any atom is -0.344 e. The Hall–Kier alpha value is -1.52. The SMILES string of the molecule is CCc1cc(=O)n2nc(N3CCN(S(=O)(=O)CC)CC3)sc2n1. The summed E-state index contributed by atoms with van der Waals surface area (Å²) in [5.41, 5.74) is 0.575. The van der Waals surface area contributed by atoms with Crippen LogP contribution >= 0.6 is 11.3 Å². The van der Waals surface area contributed by atoms with Crippen molar-refractivity contribution in [2.45, 2.75) is 20.3 Å². The molecule has 23 heavy (non-hydrogen) atoms. The topological polar surface area (TPSA) is 87.9 Å². The lowest BCUT2D eigenvalue weighted by Crippen LogP contribution is -2.49. The zero-order valence-electron chi connectivity index (χ0n) is 13.1. The average molecular weight is 357 g/mol. The van der Waals surface area contributed by atoms with Crippen molar-refractivity contribution in [1.82, 2.24) is 18.9 Å². The maximum Gasteiger partial charge on any atom is 0.275 e. The molecule has 3 heterocycles. The molecule has 0 radical (unpaired) electrons. The van der Waals surface area contributed by atoms with E-state index in [4.69, 9.17) is 0 Å². The molecule has 0 unspecified atom stereocenters. The highest BCUT2D eigenvalue weighted by atomic mass is 32.2. The molecule has 126 valence electrons. The third-order valence-electron chi connectivity index (χ3n) is 3.92. The van der Waals surface area contributed by atoms with Crippen LogP contribution in [-0.4, -0.2) is 59.3 Å². The number of aromatic nitrogens is 3. The molecular formula is C13H19N5O3S2. The Morgan fingerprint density at radius 1 is 1.22 bits per heavy atom. The molecule has 0 atom stereocenters. The van der Waals surface area contributed by atoms with E-state index in [1.807, 2.05) is 11.8 Å². The first-order valence-electron chi connectivity index (χ1n) is 7.57. The van der Waals surface area contributed by atoms with Crippen LogP contribution in [0.4, 0.5) is 5.13 Å². The van der Waals surface area contributed by atoms with E-state index < -0.39 is 10.0 Å². The third kappa shape index (κ3) is 3.10. The van der Waals surface area contributed by atoms with Gasteiger partial charge in [-0.3, -0.25) is 4.79 Å². The lowest BCUT2D eigenvalue weighted by atomic mass is 10.3. The van der Waals surface area contributed by atoms with E-state index in [0.29, 0.717) is 42.7 Å². The molecule has 3 rings (SSSR count). The summed E-state index contributed by atoms with van der Waals surface area (Å²) in [4.78, 5) is 19.0. The summed E-state index contributed by atoms with van der Waals surface area (Å²) in [6, 6.07) is 1.50. The molecule has 1 aliphatic rings. The zero-order valence-corrected chi connectivity index (χ0v) is 14.7. The molecule has 2 aromatic rings. The van der Waals surface area contributed by atoms with Crippen LogP contribution < -0.4 is 10.5 Å². The number of hydrogen-bond acceptors (Lipinski definition) is 7. The Labute approximate surface area is 138 Å². The quantitative estimate of drug-likeness (QED) is 0.776. The molecule has 0 aromatic carbocycles. The second-order valence-corrected chi connectivity index (χ2v) is 8.50. The van der Waals surface area contributed by atoms with Crippen molar-refractivity contribution in [3.05, 3.63) is 22.1 Å². The monoisotopic (exact) mass is 357 g/mol. The lowest BCUT2D eigenvalue weighted by molar-refractivity contribution is 0.385. The number of aryl methyl sites for hydroxylation is 1. The summed E-state index contributed by atoms with van der Waals surface area (Å²) in [6.45, 7) is 5.61. The van der Waals surface area contributed by atoms with Gasteiger partial charge in [0.25, 0.3) is 5.56 Å². The summed E-state index contributed by atoms with van der Waals surface area (Å²) in [5, 5.41) is 5.04. The normalized spacial score (nSPS) is 17.0. The molecule has 10 heteroatoms. The van der Waals surface area contributed by atoms with Crippen molar-refractivity contribution in [2.75, 3.05) is 36.8 Å². The Morgan fingerprint density at radius 2 is 1.91 bits per heavy atom. The first kappa shape index (κ1) is 16.3. The van der Waals surface area contributed by atoms with E-state index in [1.165, 1.54) is 26.2 Å². The summed E-state index contributed by atoms with van der Waals surface area (Å²) in [5.74, 6) is 0.118. The predicted molar refractivity (Wildman–Crippen MR) is 89.8 cm³/mol. The Morgan fingerprint density at radius 3 is 2.52 bits per heavy atom. The molecular weight excluding hydrogens is 338 g/mol. The van der Waals surface area contributed by atoms with Gasteiger partial charge in [0.15, 0.2) is 0 Å². The minimum atomic E-state index is -3.15. The van der Waals surface area contributed by atoms with Gasteiger partial charge < -0.3 is 4.90 Å². The van der Waals surface area contributed by atoms with Crippen molar-refractivity contribution < 1.29 is 8.42 Å². The fourth-order valence-electron chi connectivity index (χ4n) is 2.50. The van der Waals surface area contributed by atoms with Crippen LogP contribution in [0.25, 0.3) is 4.96 Å². The Balaban J connectivity index is 1.83. The standard InChI is InChI=1S/C13H19N5O3S2/c1-3-10-9-11(19)18-12(14-10)22-13(15-18)16-5-7-17(8-6-16)23(20,21)4-2/h9H,3-8H2,1-2H3. The number of rotatable bonds is 4. The molecule has 1 fully saturated rings. The highest BCUT2D eigenvalue weighted by molar-refractivity contribution is 7.89. The maximum atomic E-state index is 12.0. The first-order chi connectivity index (χ1) is 10.9. The summed E-state index contributed by atoms with van der Waals surface area (Å²) >= 11 is 1.36. The lowest BCUT2D eigenvalue weighted by Gasteiger charge is -2.33. The van der Waals surface area contributed by atoms with Gasteiger partial charge in [-0.15, -0.1) is 5.10 Å². The van der Waals surface area contributed by atoms with Crippen molar-refractivity contribution in [1.29, 1.82) is 0 Å². The zero-order chi connectivity index (χ0) is 16.6. The van der Waals surface area contributed by atoms with Gasteiger partial charge in [0, 0.05) is 37.9 Å². The number of fused-ring (bicyclic) bond motifs is 1. The number of hydrogen-bond donors (Lipinski definition) is 0. The fraction of sp³-hybridized carbons (Fsp3) is 0.615. The third-order valence-corrected chi connectivity index (χ3v) is 6.77. The number of sulfonamides is 1. The molecule has 1 aliphatic heterocycles. The van der Waals surface area contributed by atoms with Gasteiger partial charge in [-0.05, 0) is 13.3 Å². The summed E-state index contributed by atoms with van der Waals surface area (Å²) < 4.78 is 26.6. The molecule has 8 nitrogen and oxygen atoms in total. The van der Waals surface area contributed by atoms with E-state index in [1.54, 1.807) is 6.92 Å². The first-order valence-corrected chi connectivity index (χ1v) is 9.99. The van der Waals surface area contributed by atoms with Gasteiger partial charge in [0.05, 0.1) is 5.75 Å². The molecule has 0 N–H and O–H groups in total. The van der Waals surface area contributed by atoms with Crippen LogP contribution in [0, 0.1) is 0 Å². The number of nitrogens with zero attached hydrogens (tertiary/aromatic N) is 5. The van der Waals surface area contributed by atoms with Crippen LogP contribution in [0.2, 0.25) is 0 Å². The van der Waals surface area contributed by atoms with Crippen LogP contribution in [-0.2, 0) is 16.4 Å². The molecule has 1 saturated heterocycles.